The van der Waals surface area contributed by atoms with E-state index >= 15 is 0 Å². The summed E-state index contributed by atoms with van der Waals surface area (Å²) in [6.45, 7) is 2.95. The molecule has 1 N–H and O–H groups in total. The van der Waals surface area contributed by atoms with Crippen molar-refractivity contribution in [1.29, 1.82) is 0 Å². The number of nitrogens with zero attached hydrogens (tertiary/aromatic N) is 2. The second kappa shape index (κ2) is 6.11. The third-order valence-electron chi connectivity index (χ3n) is 4.41. The van der Waals surface area contributed by atoms with E-state index in [1.54, 1.807) is 18.2 Å². The largest absolute Gasteiger partial charge is 0.486 e. The van der Waals surface area contributed by atoms with Gasteiger partial charge in [0, 0.05) is 23.5 Å². The summed E-state index contributed by atoms with van der Waals surface area (Å²) in [6.07, 6.45) is 4.40. The fourth-order valence-electron chi connectivity index (χ4n) is 3.18. The molecular formula is C18H19N3O3. The highest BCUT2D eigenvalue weighted by molar-refractivity contribution is 5.95. The van der Waals surface area contributed by atoms with Crippen LogP contribution in [0.25, 0.3) is 0 Å². The van der Waals surface area contributed by atoms with Gasteiger partial charge in [-0.1, -0.05) is 0 Å². The van der Waals surface area contributed by atoms with Gasteiger partial charge in [0.05, 0.1) is 0 Å². The van der Waals surface area contributed by atoms with Crippen molar-refractivity contribution in [3.05, 3.63) is 47.0 Å². The minimum absolute atomic E-state index is 0.0894. The molecule has 0 saturated heterocycles. The number of carbonyl (C=O) groups excluding carboxylic acids is 1. The van der Waals surface area contributed by atoms with E-state index in [2.05, 4.69) is 15.3 Å². The maximum atomic E-state index is 12.5. The number of hydrogen-bond acceptors (Lipinski definition) is 5. The molecule has 0 unspecified atom stereocenters. The van der Waals surface area contributed by atoms with Gasteiger partial charge in [-0.05, 0) is 49.9 Å². The van der Waals surface area contributed by atoms with Gasteiger partial charge in [0.15, 0.2) is 11.5 Å². The number of benzene rings is 1. The second-order valence-corrected chi connectivity index (χ2v) is 6.16. The van der Waals surface area contributed by atoms with E-state index in [1.807, 2.05) is 13.1 Å². The third-order valence-corrected chi connectivity index (χ3v) is 4.41. The van der Waals surface area contributed by atoms with Crippen molar-refractivity contribution >= 4 is 5.91 Å². The Labute approximate surface area is 140 Å². The SMILES string of the molecule is Cc1ncc2c(n1)CC[C@@H](NC(=O)c1ccc3c(c1)OCCO3)C2. The molecule has 1 aromatic carbocycles. The Bertz CT molecular complexity index is 791. The average molecular weight is 325 g/mol. The lowest BCUT2D eigenvalue weighted by molar-refractivity contribution is 0.0932. The normalized spacial score (nSPS) is 18.6. The Morgan fingerprint density at radius 1 is 1.25 bits per heavy atom. The number of hydrogen-bond donors (Lipinski definition) is 1. The zero-order valence-corrected chi connectivity index (χ0v) is 13.5. The molecule has 2 aromatic rings. The summed E-state index contributed by atoms with van der Waals surface area (Å²) in [5.74, 6) is 2.03. The molecule has 4 rings (SSSR count). The molecule has 0 bridgehead atoms. The molecule has 0 saturated carbocycles. The van der Waals surface area contributed by atoms with Crippen LogP contribution in [-0.4, -0.2) is 35.1 Å². The van der Waals surface area contributed by atoms with Crippen molar-refractivity contribution in [2.45, 2.75) is 32.2 Å². The Morgan fingerprint density at radius 2 is 2.08 bits per heavy atom. The molecule has 2 aliphatic rings. The number of carbonyl (C=O) groups is 1. The maximum Gasteiger partial charge on any atom is 0.251 e. The molecule has 0 spiro atoms. The lowest BCUT2D eigenvalue weighted by atomic mass is 9.92. The first-order valence-electron chi connectivity index (χ1n) is 8.21. The van der Waals surface area contributed by atoms with Crippen LogP contribution in [0.5, 0.6) is 11.5 Å². The first kappa shape index (κ1) is 14.9. The molecule has 1 aliphatic carbocycles. The first-order chi connectivity index (χ1) is 11.7. The predicted molar refractivity (Wildman–Crippen MR) is 87.5 cm³/mol. The molecule has 1 aromatic heterocycles. The zero-order chi connectivity index (χ0) is 16.5. The average Bonchev–Trinajstić information content (AvgIpc) is 2.61. The number of fused-ring (bicyclic) bond motifs is 2. The van der Waals surface area contributed by atoms with Crippen molar-refractivity contribution in [3.8, 4) is 11.5 Å². The smallest absolute Gasteiger partial charge is 0.251 e. The Balaban J connectivity index is 1.46. The van der Waals surface area contributed by atoms with E-state index < -0.39 is 0 Å². The molecule has 1 aliphatic heterocycles. The molecule has 0 radical (unpaired) electrons. The van der Waals surface area contributed by atoms with Crippen LogP contribution in [0.15, 0.2) is 24.4 Å². The van der Waals surface area contributed by atoms with Crippen molar-refractivity contribution in [2.24, 2.45) is 0 Å². The lowest BCUT2D eigenvalue weighted by Crippen LogP contribution is -2.39. The zero-order valence-electron chi connectivity index (χ0n) is 13.5. The first-order valence-corrected chi connectivity index (χ1v) is 8.21. The van der Waals surface area contributed by atoms with Crippen molar-refractivity contribution < 1.29 is 14.3 Å². The summed E-state index contributed by atoms with van der Waals surface area (Å²) >= 11 is 0. The Morgan fingerprint density at radius 3 is 2.96 bits per heavy atom. The molecule has 1 amide bonds. The Hall–Kier alpha value is -2.63. The highest BCUT2D eigenvalue weighted by Gasteiger charge is 2.23. The molecule has 124 valence electrons. The van der Waals surface area contributed by atoms with E-state index in [9.17, 15) is 4.79 Å². The van der Waals surface area contributed by atoms with Gasteiger partial charge in [-0.15, -0.1) is 0 Å². The molecule has 6 nitrogen and oxygen atoms in total. The van der Waals surface area contributed by atoms with Gasteiger partial charge in [-0.25, -0.2) is 9.97 Å². The molecule has 24 heavy (non-hydrogen) atoms. The molecule has 1 atom stereocenters. The van der Waals surface area contributed by atoms with Crippen LogP contribution in [-0.2, 0) is 12.8 Å². The summed E-state index contributed by atoms with van der Waals surface area (Å²) in [5.41, 5.74) is 2.82. The number of aryl methyl sites for hydroxylation is 2. The highest BCUT2D eigenvalue weighted by Crippen LogP contribution is 2.30. The van der Waals surface area contributed by atoms with E-state index in [4.69, 9.17) is 9.47 Å². The highest BCUT2D eigenvalue weighted by atomic mass is 16.6. The van der Waals surface area contributed by atoms with Crippen molar-refractivity contribution in [1.82, 2.24) is 15.3 Å². The lowest BCUT2D eigenvalue weighted by Gasteiger charge is -2.25. The molecular weight excluding hydrogens is 306 g/mol. The topological polar surface area (TPSA) is 73.3 Å². The van der Waals surface area contributed by atoms with Crippen molar-refractivity contribution in [2.75, 3.05) is 13.2 Å². The fourth-order valence-corrected chi connectivity index (χ4v) is 3.18. The van der Waals surface area contributed by atoms with E-state index in [0.29, 0.717) is 30.3 Å². The van der Waals surface area contributed by atoms with Gasteiger partial charge in [-0.2, -0.15) is 0 Å². The molecule has 2 heterocycles. The van der Waals surface area contributed by atoms with Gasteiger partial charge >= 0.3 is 0 Å². The van der Waals surface area contributed by atoms with Crippen LogP contribution < -0.4 is 14.8 Å². The standard InChI is InChI=1S/C18H19N3O3/c1-11-19-10-13-8-14(3-4-15(13)20-11)21-18(22)12-2-5-16-17(9-12)24-7-6-23-16/h2,5,9-10,14H,3-4,6-8H2,1H3,(H,21,22)/t14-/m1/s1. The summed E-state index contributed by atoms with van der Waals surface area (Å²) < 4.78 is 11.0. The van der Waals surface area contributed by atoms with Crippen LogP contribution in [0.1, 0.15) is 33.9 Å². The number of amides is 1. The monoisotopic (exact) mass is 325 g/mol. The van der Waals surface area contributed by atoms with Crippen LogP contribution in [0.2, 0.25) is 0 Å². The second-order valence-electron chi connectivity index (χ2n) is 6.16. The summed E-state index contributed by atoms with van der Waals surface area (Å²) in [4.78, 5) is 21.3. The maximum absolute atomic E-state index is 12.5. The number of ether oxygens (including phenoxy) is 2. The quantitative estimate of drug-likeness (QED) is 0.912. The molecule has 0 fully saturated rings. The fraction of sp³-hybridized carbons (Fsp3) is 0.389. The van der Waals surface area contributed by atoms with Gasteiger partial charge in [0.25, 0.3) is 5.91 Å². The third kappa shape index (κ3) is 2.91. The van der Waals surface area contributed by atoms with Gasteiger partial charge < -0.3 is 14.8 Å². The van der Waals surface area contributed by atoms with Crippen LogP contribution in [0, 0.1) is 6.92 Å². The predicted octanol–water partition coefficient (Wildman–Crippen LogP) is 1.84. The van der Waals surface area contributed by atoms with E-state index in [-0.39, 0.29) is 11.9 Å². The number of aromatic nitrogens is 2. The summed E-state index contributed by atoms with van der Waals surface area (Å²) in [5, 5.41) is 3.11. The van der Waals surface area contributed by atoms with Crippen molar-refractivity contribution in [3.63, 3.8) is 0 Å². The molecule has 6 heteroatoms. The van der Waals surface area contributed by atoms with Gasteiger partial charge in [-0.3, -0.25) is 4.79 Å². The number of rotatable bonds is 2. The number of nitrogens with one attached hydrogen (secondary N) is 1. The van der Waals surface area contributed by atoms with Crippen LogP contribution >= 0.6 is 0 Å². The van der Waals surface area contributed by atoms with Crippen LogP contribution in [0.3, 0.4) is 0 Å². The Kier molecular flexibility index (Phi) is 3.80. The van der Waals surface area contributed by atoms with Gasteiger partial charge in [0.1, 0.15) is 19.0 Å². The summed E-state index contributed by atoms with van der Waals surface area (Å²) in [7, 11) is 0. The van der Waals surface area contributed by atoms with E-state index in [0.717, 1.165) is 36.3 Å². The minimum atomic E-state index is -0.0894. The van der Waals surface area contributed by atoms with Crippen LogP contribution in [0.4, 0.5) is 0 Å². The van der Waals surface area contributed by atoms with Gasteiger partial charge in [0.2, 0.25) is 0 Å². The van der Waals surface area contributed by atoms with E-state index in [1.165, 1.54) is 0 Å². The minimum Gasteiger partial charge on any atom is -0.486 e. The summed E-state index contributed by atoms with van der Waals surface area (Å²) in [6, 6.07) is 5.40.